The van der Waals surface area contributed by atoms with Crippen LogP contribution >= 0.6 is 0 Å². The number of esters is 1. The van der Waals surface area contributed by atoms with Gasteiger partial charge in [0.15, 0.2) is 0 Å². The Morgan fingerprint density at radius 1 is 1.06 bits per heavy atom. The van der Waals surface area contributed by atoms with Gasteiger partial charge in [-0.2, -0.15) is 0 Å². The molecular formula is C25H31NO5. The molecule has 3 rings (SSSR count). The zero-order chi connectivity index (χ0) is 22.1. The van der Waals surface area contributed by atoms with Crippen LogP contribution in [0.25, 0.3) is 0 Å². The fraction of sp³-hybridized carbons (Fsp3) is 0.440. The van der Waals surface area contributed by atoms with Crippen LogP contribution < -0.4 is 10.1 Å². The summed E-state index contributed by atoms with van der Waals surface area (Å²) in [5, 5.41) is 3.18. The smallest absolute Gasteiger partial charge is 0.337 e. The van der Waals surface area contributed by atoms with E-state index in [-0.39, 0.29) is 17.9 Å². The lowest BCUT2D eigenvalue weighted by atomic mass is 9.75. The van der Waals surface area contributed by atoms with E-state index in [0.29, 0.717) is 38.2 Å². The van der Waals surface area contributed by atoms with Crippen LogP contribution in [0.5, 0.6) is 5.75 Å². The van der Waals surface area contributed by atoms with Crippen molar-refractivity contribution in [2.45, 2.75) is 38.6 Å². The van der Waals surface area contributed by atoms with Crippen LogP contribution in [0.4, 0.5) is 0 Å². The standard InChI is InChI=1S/C25H31NO5/c1-19(20-9-11-21(12-10-20)23(27)29-2)26-24(28)25(14-17-30-18-15-25)13-6-16-31-22-7-4-3-5-8-22/h3-5,7-12,19H,6,13-18H2,1-2H3,(H,26,28)/t19-/m0/s1. The minimum atomic E-state index is -0.446. The molecule has 0 saturated carbocycles. The highest BCUT2D eigenvalue weighted by molar-refractivity contribution is 5.89. The van der Waals surface area contributed by atoms with Gasteiger partial charge >= 0.3 is 5.97 Å². The van der Waals surface area contributed by atoms with Crippen molar-refractivity contribution < 1.29 is 23.8 Å². The lowest BCUT2D eigenvalue weighted by molar-refractivity contribution is -0.138. The predicted octanol–water partition coefficient (Wildman–Crippen LogP) is 4.31. The third-order valence-electron chi connectivity index (χ3n) is 5.92. The van der Waals surface area contributed by atoms with E-state index < -0.39 is 5.41 Å². The van der Waals surface area contributed by atoms with Crippen LogP contribution in [0.2, 0.25) is 0 Å². The highest BCUT2D eigenvalue weighted by atomic mass is 16.5. The Morgan fingerprint density at radius 3 is 2.39 bits per heavy atom. The molecule has 0 aliphatic carbocycles. The molecule has 0 aromatic heterocycles. The van der Waals surface area contributed by atoms with Gasteiger partial charge < -0.3 is 19.5 Å². The molecule has 1 saturated heterocycles. The number of carbonyl (C=O) groups is 2. The first kappa shape index (κ1) is 22.8. The minimum absolute atomic E-state index is 0.0556. The number of para-hydroxylation sites is 1. The summed E-state index contributed by atoms with van der Waals surface area (Å²) < 4.78 is 16.1. The van der Waals surface area contributed by atoms with E-state index in [1.54, 1.807) is 12.1 Å². The maximum atomic E-state index is 13.3. The monoisotopic (exact) mass is 425 g/mol. The van der Waals surface area contributed by atoms with Crippen molar-refractivity contribution in [1.82, 2.24) is 5.32 Å². The molecule has 1 fully saturated rings. The summed E-state index contributed by atoms with van der Waals surface area (Å²) in [5.41, 5.74) is 0.984. The zero-order valence-corrected chi connectivity index (χ0v) is 18.3. The quantitative estimate of drug-likeness (QED) is 0.479. The minimum Gasteiger partial charge on any atom is -0.494 e. The number of ether oxygens (including phenoxy) is 3. The molecule has 2 aromatic carbocycles. The topological polar surface area (TPSA) is 73.9 Å². The van der Waals surface area contributed by atoms with Crippen LogP contribution in [-0.4, -0.2) is 38.8 Å². The second-order valence-corrected chi connectivity index (χ2v) is 7.97. The second-order valence-electron chi connectivity index (χ2n) is 7.97. The number of nitrogens with one attached hydrogen (secondary N) is 1. The zero-order valence-electron chi connectivity index (χ0n) is 18.3. The Hall–Kier alpha value is -2.86. The van der Waals surface area contributed by atoms with Crippen molar-refractivity contribution >= 4 is 11.9 Å². The average Bonchev–Trinajstić information content (AvgIpc) is 2.82. The molecule has 1 amide bonds. The average molecular weight is 426 g/mol. The predicted molar refractivity (Wildman–Crippen MR) is 118 cm³/mol. The summed E-state index contributed by atoms with van der Waals surface area (Å²) in [5.74, 6) is 0.527. The van der Waals surface area contributed by atoms with Crippen LogP contribution in [0.3, 0.4) is 0 Å². The van der Waals surface area contributed by atoms with Crippen LogP contribution in [0, 0.1) is 5.41 Å². The molecule has 1 heterocycles. The van der Waals surface area contributed by atoms with E-state index in [2.05, 4.69) is 5.32 Å². The van der Waals surface area contributed by atoms with Crippen molar-refractivity contribution in [3.63, 3.8) is 0 Å². The van der Waals surface area contributed by atoms with E-state index in [4.69, 9.17) is 14.2 Å². The van der Waals surface area contributed by atoms with E-state index in [1.807, 2.05) is 49.4 Å². The number of rotatable bonds is 9. The van der Waals surface area contributed by atoms with E-state index >= 15 is 0 Å². The fourth-order valence-corrected chi connectivity index (χ4v) is 3.93. The molecule has 0 unspecified atom stereocenters. The van der Waals surface area contributed by atoms with Crippen LogP contribution in [0.1, 0.15) is 54.6 Å². The molecule has 1 atom stereocenters. The van der Waals surface area contributed by atoms with E-state index in [1.165, 1.54) is 7.11 Å². The molecule has 6 nitrogen and oxygen atoms in total. The third kappa shape index (κ3) is 6.07. The number of methoxy groups -OCH3 is 1. The number of hydrogen-bond donors (Lipinski definition) is 1. The van der Waals surface area contributed by atoms with Crippen molar-refractivity contribution in [1.29, 1.82) is 0 Å². The third-order valence-corrected chi connectivity index (χ3v) is 5.92. The highest BCUT2D eigenvalue weighted by Gasteiger charge is 2.40. The van der Waals surface area contributed by atoms with E-state index in [0.717, 1.165) is 24.2 Å². The molecule has 31 heavy (non-hydrogen) atoms. The number of hydrogen-bond acceptors (Lipinski definition) is 5. The summed E-state index contributed by atoms with van der Waals surface area (Å²) in [7, 11) is 1.36. The van der Waals surface area contributed by atoms with Gasteiger partial charge in [0.05, 0.1) is 30.7 Å². The van der Waals surface area contributed by atoms with Crippen LogP contribution in [-0.2, 0) is 14.3 Å². The van der Waals surface area contributed by atoms with Crippen molar-refractivity contribution in [3.8, 4) is 5.75 Å². The van der Waals surface area contributed by atoms with Gasteiger partial charge in [0, 0.05) is 13.2 Å². The Labute approximate surface area is 183 Å². The van der Waals surface area contributed by atoms with Gasteiger partial charge in [-0.1, -0.05) is 30.3 Å². The van der Waals surface area contributed by atoms with Gasteiger partial charge in [0.25, 0.3) is 0 Å². The molecule has 166 valence electrons. The van der Waals surface area contributed by atoms with Gasteiger partial charge in [-0.25, -0.2) is 4.79 Å². The molecule has 0 bridgehead atoms. The van der Waals surface area contributed by atoms with Crippen molar-refractivity contribution in [3.05, 3.63) is 65.7 Å². The summed E-state index contributed by atoms with van der Waals surface area (Å²) >= 11 is 0. The lowest BCUT2D eigenvalue weighted by Crippen LogP contribution is -2.45. The maximum Gasteiger partial charge on any atom is 0.337 e. The molecule has 0 spiro atoms. The second kappa shape index (κ2) is 11.0. The van der Waals surface area contributed by atoms with Gasteiger partial charge in [0.1, 0.15) is 5.75 Å². The summed E-state index contributed by atoms with van der Waals surface area (Å²) in [6.45, 7) is 3.71. The molecule has 6 heteroatoms. The Bertz CT molecular complexity index is 844. The molecule has 1 N–H and O–H groups in total. The first-order valence-electron chi connectivity index (χ1n) is 10.8. The fourth-order valence-electron chi connectivity index (χ4n) is 3.93. The summed E-state index contributed by atoms with van der Waals surface area (Å²) in [4.78, 5) is 24.9. The van der Waals surface area contributed by atoms with Gasteiger partial charge in [-0.05, 0) is 62.4 Å². The van der Waals surface area contributed by atoms with Gasteiger partial charge in [-0.15, -0.1) is 0 Å². The SMILES string of the molecule is COC(=O)c1ccc([C@H](C)NC(=O)C2(CCCOc3ccccc3)CCOCC2)cc1. The largest absolute Gasteiger partial charge is 0.494 e. The Balaban J connectivity index is 1.58. The van der Waals surface area contributed by atoms with Crippen molar-refractivity contribution in [2.24, 2.45) is 5.41 Å². The maximum absolute atomic E-state index is 13.3. The Kier molecular flexibility index (Phi) is 8.06. The summed E-state index contributed by atoms with van der Waals surface area (Å²) in [6, 6.07) is 16.7. The highest BCUT2D eigenvalue weighted by Crippen LogP contribution is 2.36. The lowest BCUT2D eigenvalue weighted by Gasteiger charge is -2.36. The first-order valence-corrected chi connectivity index (χ1v) is 10.8. The first-order chi connectivity index (χ1) is 15.0. The van der Waals surface area contributed by atoms with Crippen molar-refractivity contribution in [2.75, 3.05) is 26.9 Å². The summed E-state index contributed by atoms with van der Waals surface area (Å²) in [6.07, 6.45) is 2.96. The molecular weight excluding hydrogens is 394 g/mol. The van der Waals surface area contributed by atoms with E-state index in [9.17, 15) is 9.59 Å². The normalized spacial score (nSPS) is 16.2. The van der Waals surface area contributed by atoms with Gasteiger partial charge in [0.2, 0.25) is 5.91 Å². The molecule has 1 aliphatic rings. The Morgan fingerprint density at radius 2 is 1.74 bits per heavy atom. The molecule has 1 aliphatic heterocycles. The van der Waals surface area contributed by atoms with Gasteiger partial charge in [-0.3, -0.25) is 4.79 Å². The molecule has 0 radical (unpaired) electrons. The van der Waals surface area contributed by atoms with Crippen LogP contribution in [0.15, 0.2) is 54.6 Å². The number of amides is 1. The molecule has 2 aromatic rings. The number of carbonyl (C=O) groups excluding carboxylic acids is 2. The number of benzene rings is 2.